The Bertz CT molecular complexity index is 931. The van der Waals surface area contributed by atoms with Gasteiger partial charge in [0.25, 0.3) is 8.32 Å². The second-order valence-electron chi connectivity index (χ2n) is 12.0. The summed E-state index contributed by atoms with van der Waals surface area (Å²) in [5.41, 5.74) is -1.95. The van der Waals surface area contributed by atoms with Crippen LogP contribution < -0.4 is 10.4 Å². The number of hydrogen-bond acceptors (Lipinski definition) is 5. The van der Waals surface area contributed by atoms with Crippen molar-refractivity contribution in [3.05, 3.63) is 60.7 Å². The Labute approximate surface area is 231 Å². The maximum atomic E-state index is 12.1. The monoisotopic (exact) mass is 542 g/mol. The fourth-order valence-electron chi connectivity index (χ4n) is 5.57. The van der Waals surface area contributed by atoms with Crippen molar-refractivity contribution < 1.29 is 24.2 Å². The van der Waals surface area contributed by atoms with Crippen molar-refractivity contribution in [2.75, 3.05) is 7.11 Å². The van der Waals surface area contributed by atoms with Gasteiger partial charge in [0.1, 0.15) is 0 Å². The maximum Gasteiger partial charge on any atom is 0.340 e. The molecule has 0 aliphatic carbocycles. The van der Waals surface area contributed by atoms with E-state index < -0.39 is 26.0 Å². The van der Waals surface area contributed by atoms with E-state index >= 15 is 0 Å². The predicted molar refractivity (Wildman–Crippen MR) is 158 cm³/mol. The number of aliphatic hydroxyl groups is 2. The predicted octanol–water partition coefficient (Wildman–Crippen LogP) is 5.46. The molecule has 2 aromatic rings. The lowest BCUT2D eigenvalue weighted by molar-refractivity contribution is -0.173. The highest BCUT2D eigenvalue weighted by Gasteiger charge is 2.52. The van der Waals surface area contributed by atoms with E-state index in [0.29, 0.717) is 12.3 Å². The molecule has 5 nitrogen and oxygen atoms in total. The standard InChI is InChI=1S/C32H50O5Si/c1-9-24(3)23-25(21-22-29(33)32(7,35)30(34)36-8)28(10-2)37-38(31(4,5)6,26-17-13-11-14-18-26)27-19-15-12-16-20-27/h11-20,24-25,28-29,33,35H,9-10,21-23H2,1-8H3/t24-,25+,28+,29+,32-/m0/s1. The minimum Gasteiger partial charge on any atom is -0.467 e. The van der Waals surface area contributed by atoms with Crippen LogP contribution in [0.3, 0.4) is 0 Å². The average molecular weight is 543 g/mol. The molecule has 0 spiro atoms. The van der Waals surface area contributed by atoms with Crippen LogP contribution in [-0.2, 0) is 14.0 Å². The van der Waals surface area contributed by atoms with Crippen molar-refractivity contribution in [2.24, 2.45) is 11.8 Å². The molecule has 0 saturated heterocycles. The van der Waals surface area contributed by atoms with Gasteiger partial charge in [-0.1, -0.05) is 109 Å². The molecule has 2 aromatic carbocycles. The van der Waals surface area contributed by atoms with Crippen molar-refractivity contribution in [2.45, 2.75) is 103 Å². The lowest BCUT2D eigenvalue weighted by Crippen LogP contribution is -2.68. The Morgan fingerprint density at radius 3 is 1.79 bits per heavy atom. The van der Waals surface area contributed by atoms with E-state index in [1.807, 2.05) is 12.1 Å². The molecule has 5 atom stereocenters. The van der Waals surface area contributed by atoms with E-state index in [9.17, 15) is 15.0 Å². The summed E-state index contributed by atoms with van der Waals surface area (Å²) in [6.07, 6.45) is 2.47. The maximum absolute atomic E-state index is 12.1. The minimum absolute atomic E-state index is 0.0504. The second kappa shape index (κ2) is 13.9. The summed E-state index contributed by atoms with van der Waals surface area (Å²) in [6.45, 7) is 14.8. The highest BCUT2D eigenvalue weighted by molar-refractivity contribution is 6.99. The summed E-state index contributed by atoms with van der Waals surface area (Å²) >= 11 is 0. The van der Waals surface area contributed by atoms with Gasteiger partial charge >= 0.3 is 5.97 Å². The van der Waals surface area contributed by atoms with Crippen LogP contribution in [0.5, 0.6) is 0 Å². The number of carbonyl (C=O) groups is 1. The van der Waals surface area contributed by atoms with E-state index in [0.717, 1.165) is 19.3 Å². The van der Waals surface area contributed by atoms with Crippen LogP contribution in [-0.4, -0.2) is 49.4 Å². The number of benzene rings is 2. The first-order valence-electron chi connectivity index (χ1n) is 14.1. The smallest absolute Gasteiger partial charge is 0.340 e. The zero-order chi connectivity index (χ0) is 28.6. The van der Waals surface area contributed by atoms with Gasteiger partial charge in [-0.05, 0) is 59.9 Å². The van der Waals surface area contributed by atoms with Crippen LogP contribution >= 0.6 is 0 Å². The molecule has 0 saturated carbocycles. The molecular weight excluding hydrogens is 492 g/mol. The van der Waals surface area contributed by atoms with Crippen LogP contribution in [0.4, 0.5) is 0 Å². The third-order valence-corrected chi connectivity index (χ3v) is 13.2. The second-order valence-corrected chi connectivity index (χ2v) is 16.2. The number of esters is 1. The first-order chi connectivity index (χ1) is 17.8. The van der Waals surface area contributed by atoms with Crippen LogP contribution in [0, 0.1) is 11.8 Å². The van der Waals surface area contributed by atoms with Gasteiger partial charge in [-0.3, -0.25) is 0 Å². The van der Waals surface area contributed by atoms with E-state index in [1.165, 1.54) is 24.4 Å². The van der Waals surface area contributed by atoms with Crippen molar-refractivity contribution in [1.82, 2.24) is 0 Å². The van der Waals surface area contributed by atoms with Gasteiger partial charge in [-0.15, -0.1) is 0 Å². The number of ether oxygens (including phenoxy) is 1. The molecule has 0 heterocycles. The fourth-order valence-corrected chi connectivity index (χ4v) is 10.4. The van der Waals surface area contributed by atoms with Gasteiger partial charge in [0.2, 0.25) is 0 Å². The molecule has 0 fully saturated rings. The highest BCUT2D eigenvalue weighted by Crippen LogP contribution is 2.40. The van der Waals surface area contributed by atoms with Gasteiger partial charge in [-0.25, -0.2) is 4.79 Å². The molecule has 6 heteroatoms. The first-order valence-corrected chi connectivity index (χ1v) is 16.0. The molecule has 0 unspecified atom stereocenters. The molecule has 0 aliphatic heterocycles. The molecule has 0 aliphatic rings. The summed E-state index contributed by atoms with van der Waals surface area (Å²) in [4.78, 5) is 12.1. The molecule has 0 radical (unpaired) electrons. The summed E-state index contributed by atoms with van der Waals surface area (Å²) < 4.78 is 12.2. The third kappa shape index (κ3) is 7.35. The van der Waals surface area contributed by atoms with Crippen molar-refractivity contribution in [3.63, 3.8) is 0 Å². The molecule has 2 N–H and O–H groups in total. The van der Waals surface area contributed by atoms with Crippen LogP contribution in [0.25, 0.3) is 0 Å². The van der Waals surface area contributed by atoms with E-state index in [1.54, 1.807) is 0 Å². The molecule has 38 heavy (non-hydrogen) atoms. The number of carbonyl (C=O) groups excluding carboxylic acids is 1. The van der Waals surface area contributed by atoms with Gasteiger partial charge in [0, 0.05) is 6.10 Å². The fraction of sp³-hybridized carbons (Fsp3) is 0.594. The van der Waals surface area contributed by atoms with Gasteiger partial charge in [-0.2, -0.15) is 0 Å². The number of rotatable bonds is 14. The van der Waals surface area contributed by atoms with E-state index in [2.05, 4.69) is 90.1 Å². The zero-order valence-electron chi connectivity index (χ0n) is 24.7. The number of methoxy groups -OCH3 is 1. The largest absolute Gasteiger partial charge is 0.467 e. The van der Waals surface area contributed by atoms with E-state index in [-0.39, 0.29) is 23.5 Å². The molecule has 212 valence electrons. The van der Waals surface area contributed by atoms with Gasteiger partial charge in [0.05, 0.1) is 13.2 Å². The van der Waals surface area contributed by atoms with Crippen molar-refractivity contribution >= 4 is 24.7 Å². The first kappa shape index (κ1) is 32.2. The highest BCUT2D eigenvalue weighted by atomic mass is 28.4. The topological polar surface area (TPSA) is 76.0 Å². The average Bonchev–Trinajstić information content (AvgIpc) is 2.91. The minimum atomic E-state index is -2.76. The SMILES string of the molecule is CC[C@H](C)C[C@@H](CC[C@@H](O)[C@](C)(O)C(=O)OC)[C@@H](CC)O[Si](c1ccccc1)(c1ccccc1)C(C)(C)C. The summed E-state index contributed by atoms with van der Waals surface area (Å²) in [5, 5.41) is 23.8. The van der Waals surface area contributed by atoms with Crippen LogP contribution in [0.1, 0.15) is 80.6 Å². The van der Waals surface area contributed by atoms with E-state index in [4.69, 9.17) is 9.16 Å². The van der Waals surface area contributed by atoms with Crippen LogP contribution in [0.15, 0.2) is 60.7 Å². The molecule has 0 bridgehead atoms. The van der Waals surface area contributed by atoms with Crippen molar-refractivity contribution in [3.8, 4) is 0 Å². The lowest BCUT2D eigenvalue weighted by Gasteiger charge is -2.47. The van der Waals surface area contributed by atoms with Crippen molar-refractivity contribution in [1.29, 1.82) is 0 Å². The molecule has 0 aromatic heterocycles. The molecule has 2 rings (SSSR count). The normalized spacial score (nSPS) is 17.2. The Hall–Kier alpha value is -1.99. The van der Waals surface area contributed by atoms with Gasteiger partial charge in [0.15, 0.2) is 5.60 Å². The third-order valence-electron chi connectivity index (χ3n) is 8.13. The quantitative estimate of drug-likeness (QED) is 0.245. The Morgan fingerprint density at radius 1 is 0.895 bits per heavy atom. The molecular formula is C32H50O5Si. The summed E-state index contributed by atoms with van der Waals surface area (Å²) in [7, 11) is -1.54. The Morgan fingerprint density at radius 2 is 1.39 bits per heavy atom. The zero-order valence-corrected chi connectivity index (χ0v) is 25.7. The lowest BCUT2D eigenvalue weighted by atomic mass is 9.83. The number of hydrogen-bond donors (Lipinski definition) is 2. The van der Waals surface area contributed by atoms with Crippen LogP contribution in [0.2, 0.25) is 5.04 Å². The Balaban J connectivity index is 2.54. The van der Waals surface area contributed by atoms with Gasteiger partial charge < -0.3 is 19.4 Å². The summed E-state index contributed by atoms with van der Waals surface area (Å²) in [5.74, 6) is -0.186. The number of aliphatic hydroxyl groups excluding tert-OH is 1. The molecule has 0 amide bonds. The Kier molecular flexibility index (Phi) is 11.8. The summed E-state index contributed by atoms with van der Waals surface area (Å²) in [6, 6.07) is 21.3.